The van der Waals surface area contributed by atoms with Gasteiger partial charge in [-0.15, -0.1) is 0 Å². The number of likely N-dealkylation sites (tertiary alicyclic amines) is 1. The zero-order valence-corrected chi connectivity index (χ0v) is 15.0. The number of likely N-dealkylation sites (N-methyl/N-ethyl adjacent to an activating group) is 1. The lowest BCUT2D eigenvalue weighted by atomic mass is 9.99. The molecule has 3 rings (SSSR count). The molecule has 136 valence electrons. The maximum atomic E-state index is 12.5. The van der Waals surface area contributed by atoms with Gasteiger partial charge in [-0.2, -0.15) is 0 Å². The molecule has 2 aromatic rings. The molecule has 2 N–H and O–H groups in total. The molecule has 2 aromatic carbocycles. The third-order valence-electron chi connectivity index (χ3n) is 4.86. The van der Waals surface area contributed by atoms with Crippen LogP contribution in [0, 0.1) is 0 Å². The first-order valence-corrected chi connectivity index (χ1v) is 9.00. The highest BCUT2D eigenvalue weighted by atomic mass is 16.2. The van der Waals surface area contributed by atoms with Crippen LogP contribution in [0.15, 0.2) is 60.7 Å². The maximum absolute atomic E-state index is 12.5. The molecule has 5 nitrogen and oxygen atoms in total. The molecule has 0 saturated carbocycles. The van der Waals surface area contributed by atoms with E-state index in [1.54, 1.807) is 7.05 Å². The topological polar surface area (TPSA) is 61.4 Å². The van der Waals surface area contributed by atoms with E-state index in [1.165, 1.54) is 5.56 Å². The molecular weight excluding hydrogens is 326 g/mol. The van der Waals surface area contributed by atoms with Gasteiger partial charge < -0.3 is 10.6 Å². The second-order valence-electron chi connectivity index (χ2n) is 6.66. The number of hydrogen-bond acceptors (Lipinski definition) is 3. The molecular formula is C21H25N3O2. The lowest BCUT2D eigenvalue weighted by Crippen LogP contribution is -2.43. The molecule has 5 heteroatoms. The van der Waals surface area contributed by atoms with Crippen molar-refractivity contribution >= 4 is 11.8 Å². The maximum Gasteiger partial charge on any atom is 0.246 e. The van der Waals surface area contributed by atoms with Gasteiger partial charge in [0.05, 0.1) is 6.54 Å². The van der Waals surface area contributed by atoms with E-state index >= 15 is 0 Å². The predicted molar refractivity (Wildman–Crippen MR) is 102 cm³/mol. The second-order valence-corrected chi connectivity index (χ2v) is 6.66. The summed E-state index contributed by atoms with van der Waals surface area (Å²) in [5.74, 6) is 0.122. The van der Waals surface area contributed by atoms with Crippen molar-refractivity contribution in [3.05, 3.63) is 71.8 Å². The average molecular weight is 351 g/mol. The number of carbonyl (C=O) groups excluding carboxylic acids is 2. The first kappa shape index (κ1) is 18.1. The molecule has 1 heterocycles. The third-order valence-corrected chi connectivity index (χ3v) is 4.86. The monoisotopic (exact) mass is 351 g/mol. The highest BCUT2D eigenvalue weighted by Crippen LogP contribution is 2.26. The largest absolute Gasteiger partial charge is 0.357 e. The Morgan fingerprint density at radius 3 is 2.38 bits per heavy atom. The van der Waals surface area contributed by atoms with E-state index in [0.29, 0.717) is 12.5 Å². The van der Waals surface area contributed by atoms with Crippen LogP contribution in [0.3, 0.4) is 0 Å². The van der Waals surface area contributed by atoms with Crippen molar-refractivity contribution in [1.82, 2.24) is 15.5 Å². The zero-order chi connectivity index (χ0) is 18.4. The standard InChI is InChI=1S/C21H25N3O2/c1-22-21(26)20(17-10-6-3-7-11-17)23-19(25)15-24-13-12-18(14-24)16-8-4-2-5-9-16/h2-11,18,20H,12-15H2,1H3,(H,22,26)(H,23,25)/t18-,20-/m0/s1. The predicted octanol–water partition coefficient (Wildman–Crippen LogP) is 2.08. The number of amides is 2. The lowest BCUT2D eigenvalue weighted by Gasteiger charge is -2.20. The Kier molecular flexibility index (Phi) is 6.02. The van der Waals surface area contributed by atoms with Crippen molar-refractivity contribution in [2.24, 2.45) is 0 Å². The molecule has 1 fully saturated rings. The molecule has 0 bridgehead atoms. The molecule has 0 radical (unpaired) electrons. The zero-order valence-electron chi connectivity index (χ0n) is 15.0. The number of nitrogens with zero attached hydrogens (tertiary/aromatic N) is 1. The van der Waals surface area contributed by atoms with Crippen molar-refractivity contribution in [2.75, 3.05) is 26.7 Å². The quantitative estimate of drug-likeness (QED) is 0.838. The van der Waals surface area contributed by atoms with Gasteiger partial charge in [0.1, 0.15) is 6.04 Å². The van der Waals surface area contributed by atoms with Gasteiger partial charge in [-0.3, -0.25) is 14.5 Å². The third kappa shape index (κ3) is 4.49. The molecule has 1 aliphatic heterocycles. The number of carbonyl (C=O) groups is 2. The van der Waals surface area contributed by atoms with Gasteiger partial charge in [-0.1, -0.05) is 60.7 Å². The molecule has 1 saturated heterocycles. The van der Waals surface area contributed by atoms with E-state index in [-0.39, 0.29) is 11.8 Å². The van der Waals surface area contributed by atoms with Crippen molar-refractivity contribution in [2.45, 2.75) is 18.4 Å². The van der Waals surface area contributed by atoms with Gasteiger partial charge in [0.15, 0.2) is 0 Å². The normalized spacial score (nSPS) is 18.3. The van der Waals surface area contributed by atoms with Crippen LogP contribution in [0.5, 0.6) is 0 Å². The van der Waals surface area contributed by atoms with Crippen LogP contribution >= 0.6 is 0 Å². The Bertz CT molecular complexity index is 733. The van der Waals surface area contributed by atoms with Crippen LogP contribution in [-0.4, -0.2) is 43.4 Å². The van der Waals surface area contributed by atoms with Crippen LogP contribution < -0.4 is 10.6 Å². The Morgan fingerprint density at radius 1 is 1.08 bits per heavy atom. The minimum atomic E-state index is -0.666. The summed E-state index contributed by atoms with van der Waals surface area (Å²) in [4.78, 5) is 26.8. The minimum absolute atomic E-state index is 0.129. The lowest BCUT2D eigenvalue weighted by molar-refractivity contribution is -0.129. The Hall–Kier alpha value is -2.66. The fraction of sp³-hybridized carbons (Fsp3) is 0.333. The first-order chi connectivity index (χ1) is 12.7. The molecule has 0 aliphatic carbocycles. The van der Waals surface area contributed by atoms with E-state index < -0.39 is 6.04 Å². The van der Waals surface area contributed by atoms with E-state index in [4.69, 9.17) is 0 Å². The summed E-state index contributed by atoms with van der Waals surface area (Å²) in [5, 5.41) is 5.50. The number of benzene rings is 2. The summed E-state index contributed by atoms with van der Waals surface area (Å²) in [5.41, 5.74) is 2.10. The molecule has 26 heavy (non-hydrogen) atoms. The summed E-state index contributed by atoms with van der Waals surface area (Å²) >= 11 is 0. The van der Waals surface area contributed by atoms with Crippen LogP contribution in [0.2, 0.25) is 0 Å². The van der Waals surface area contributed by atoms with Crippen molar-refractivity contribution in [3.8, 4) is 0 Å². The van der Waals surface area contributed by atoms with E-state index in [9.17, 15) is 9.59 Å². The van der Waals surface area contributed by atoms with E-state index in [1.807, 2.05) is 36.4 Å². The summed E-state index contributed by atoms with van der Waals surface area (Å²) in [6.45, 7) is 2.07. The highest BCUT2D eigenvalue weighted by molar-refractivity contribution is 5.89. The number of rotatable bonds is 6. The summed E-state index contributed by atoms with van der Waals surface area (Å²) in [6, 6.07) is 19.1. The number of nitrogens with one attached hydrogen (secondary N) is 2. The second kappa shape index (κ2) is 8.63. The summed E-state index contributed by atoms with van der Waals surface area (Å²) in [6.07, 6.45) is 1.05. The molecule has 2 amide bonds. The SMILES string of the molecule is CNC(=O)[C@@H](NC(=O)CN1CC[C@H](c2ccccc2)C1)c1ccccc1. The van der Waals surface area contributed by atoms with Crippen molar-refractivity contribution in [1.29, 1.82) is 0 Å². The molecule has 0 aromatic heterocycles. The highest BCUT2D eigenvalue weighted by Gasteiger charge is 2.27. The smallest absolute Gasteiger partial charge is 0.246 e. The van der Waals surface area contributed by atoms with Crippen molar-refractivity contribution < 1.29 is 9.59 Å². The van der Waals surface area contributed by atoms with E-state index in [0.717, 1.165) is 25.1 Å². The van der Waals surface area contributed by atoms with Crippen LogP contribution in [-0.2, 0) is 9.59 Å². The Morgan fingerprint density at radius 2 is 1.73 bits per heavy atom. The van der Waals surface area contributed by atoms with Gasteiger partial charge in [0, 0.05) is 13.6 Å². The summed E-state index contributed by atoms with van der Waals surface area (Å²) < 4.78 is 0. The first-order valence-electron chi connectivity index (χ1n) is 9.00. The van der Waals surface area contributed by atoms with Crippen LogP contribution in [0.4, 0.5) is 0 Å². The molecule has 2 atom stereocenters. The average Bonchev–Trinajstić information content (AvgIpc) is 3.15. The van der Waals surface area contributed by atoms with Gasteiger partial charge in [0.25, 0.3) is 0 Å². The fourth-order valence-corrected chi connectivity index (χ4v) is 3.47. The fourth-order valence-electron chi connectivity index (χ4n) is 3.47. The van der Waals surface area contributed by atoms with Crippen molar-refractivity contribution in [3.63, 3.8) is 0 Å². The number of hydrogen-bond donors (Lipinski definition) is 2. The van der Waals surface area contributed by atoms with E-state index in [2.05, 4.69) is 39.8 Å². The summed E-state index contributed by atoms with van der Waals surface area (Å²) in [7, 11) is 1.58. The van der Waals surface area contributed by atoms with Gasteiger partial charge in [0.2, 0.25) is 11.8 Å². The molecule has 0 spiro atoms. The molecule has 1 aliphatic rings. The Labute approximate surface area is 154 Å². The van der Waals surface area contributed by atoms with Crippen LogP contribution in [0.1, 0.15) is 29.5 Å². The van der Waals surface area contributed by atoms with Gasteiger partial charge in [-0.25, -0.2) is 0 Å². The van der Waals surface area contributed by atoms with Gasteiger partial charge in [-0.05, 0) is 30.0 Å². The minimum Gasteiger partial charge on any atom is -0.357 e. The Balaban J connectivity index is 1.58. The van der Waals surface area contributed by atoms with Crippen LogP contribution in [0.25, 0.3) is 0 Å². The molecule has 0 unspecified atom stereocenters. The van der Waals surface area contributed by atoms with Gasteiger partial charge >= 0.3 is 0 Å².